The monoisotopic (exact) mass is 399 g/mol. The first-order valence-corrected chi connectivity index (χ1v) is 8.83. The van der Waals surface area contributed by atoms with Crippen LogP contribution in [0.3, 0.4) is 0 Å². The molecule has 8 nitrogen and oxygen atoms in total. The molecule has 0 radical (unpaired) electrons. The summed E-state index contributed by atoms with van der Waals surface area (Å²) in [4.78, 5) is 35.4. The van der Waals surface area contributed by atoms with E-state index in [1.54, 1.807) is 37.3 Å². The van der Waals surface area contributed by atoms with Crippen molar-refractivity contribution in [3.05, 3.63) is 70.5 Å². The Morgan fingerprint density at radius 1 is 1.17 bits per heavy atom. The number of rotatable bonds is 8. The van der Waals surface area contributed by atoms with Crippen LogP contribution < -0.4 is 15.5 Å². The van der Waals surface area contributed by atoms with E-state index in [0.717, 1.165) is 6.07 Å². The Labute approximate surface area is 167 Å². The quantitative estimate of drug-likeness (QED) is 0.457. The van der Waals surface area contributed by atoms with Gasteiger partial charge in [-0.15, -0.1) is 0 Å². The molecule has 1 atom stereocenters. The number of aromatic hydroxyl groups is 1. The molecule has 0 amide bonds. The summed E-state index contributed by atoms with van der Waals surface area (Å²) in [5.74, 6) is -2.66. The van der Waals surface area contributed by atoms with E-state index in [9.17, 15) is 19.5 Å². The van der Waals surface area contributed by atoms with E-state index in [4.69, 9.17) is 14.6 Å². The number of esters is 1. The molecule has 2 aromatic rings. The number of ether oxygens (including phenoxy) is 2. The van der Waals surface area contributed by atoms with Crippen molar-refractivity contribution < 1.29 is 29.3 Å². The molecule has 8 heteroatoms. The molecule has 3 N–H and O–H groups in total. The Bertz CT molecular complexity index is 970. The summed E-state index contributed by atoms with van der Waals surface area (Å²) in [6, 6.07) is 12.1. The Morgan fingerprint density at radius 3 is 2.48 bits per heavy atom. The van der Waals surface area contributed by atoms with Crippen molar-refractivity contribution in [2.75, 3.05) is 5.32 Å². The number of hydrogen-bond acceptors (Lipinski definition) is 7. The van der Waals surface area contributed by atoms with Crippen molar-refractivity contribution in [2.24, 2.45) is 0 Å². The maximum atomic E-state index is 12.3. The smallest absolute Gasteiger partial charge is 0.355 e. The molecule has 2 rings (SSSR count). The van der Waals surface area contributed by atoms with E-state index in [2.05, 4.69) is 5.32 Å². The number of nitrogens with one attached hydrogen (secondary N) is 1. The molecule has 0 aliphatic carbocycles. The predicted octanol–water partition coefficient (Wildman–Crippen LogP) is 3.27. The summed E-state index contributed by atoms with van der Waals surface area (Å²) in [5.41, 5.74) is -0.918. The SMILES string of the molecule is CCC(C)OC(=O)C(=CC(=O)O)Nc1ccc(=O)c(O)c(Oc2ccccc2)c1. The van der Waals surface area contributed by atoms with Gasteiger partial charge < -0.3 is 25.0 Å². The Morgan fingerprint density at radius 2 is 1.86 bits per heavy atom. The first-order valence-electron chi connectivity index (χ1n) is 8.83. The van der Waals surface area contributed by atoms with Gasteiger partial charge in [-0.1, -0.05) is 25.1 Å². The molecular weight excluding hydrogens is 378 g/mol. The highest BCUT2D eigenvalue weighted by atomic mass is 16.5. The average molecular weight is 399 g/mol. The predicted molar refractivity (Wildman–Crippen MR) is 106 cm³/mol. The highest BCUT2D eigenvalue weighted by molar-refractivity contribution is 5.98. The number of hydrogen-bond donors (Lipinski definition) is 3. The highest BCUT2D eigenvalue weighted by Gasteiger charge is 2.17. The van der Waals surface area contributed by atoms with Crippen LogP contribution in [0, 0.1) is 0 Å². The normalized spacial score (nSPS) is 12.0. The second-order valence-corrected chi connectivity index (χ2v) is 6.07. The van der Waals surface area contributed by atoms with Gasteiger partial charge >= 0.3 is 11.9 Å². The second kappa shape index (κ2) is 9.93. The van der Waals surface area contributed by atoms with E-state index in [-0.39, 0.29) is 17.1 Å². The zero-order chi connectivity index (χ0) is 21.4. The number of aliphatic carboxylic acids is 1. The number of carbonyl (C=O) groups is 2. The van der Waals surface area contributed by atoms with Gasteiger partial charge in [0.05, 0.1) is 12.2 Å². The second-order valence-electron chi connectivity index (χ2n) is 6.07. The number of para-hydroxylation sites is 1. The topological polar surface area (TPSA) is 122 Å². The van der Waals surface area contributed by atoms with E-state index in [0.29, 0.717) is 18.2 Å². The molecule has 0 aliphatic heterocycles. The first-order chi connectivity index (χ1) is 13.8. The van der Waals surface area contributed by atoms with Crippen molar-refractivity contribution in [2.45, 2.75) is 26.4 Å². The molecule has 0 saturated heterocycles. The molecule has 0 aromatic heterocycles. The molecule has 2 aromatic carbocycles. The van der Waals surface area contributed by atoms with Crippen LogP contribution in [0.1, 0.15) is 20.3 Å². The van der Waals surface area contributed by atoms with Crippen molar-refractivity contribution >= 4 is 17.6 Å². The lowest BCUT2D eigenvalue weighted by atomic mass is 10.3. The van der Waals surface area contributed by atoms with Gasteiger partial charge in [0, 0.05) is 11.8 Å². The van der Waals surface area contributed by atoms with Crippen LogP contribution in [-0.2, 0) is 14.3 Å². The van der Waals surface area contributed by atoms with Crippen molar-refractivity contribution in [3.8, 4) is 17.2 Å². The van der Waals surface area contributed by atoms with Gasteiger partial charge in [0.1, 0.15) is 11.4 Å². The van der Waals surface area contributed by atoms with Gasteiger partial charge in [-0.2, -0.15) is 0 Å². The molecule has 0 fully saturated rings. The van der Waals surface area contributed by atoms with Crippen molar-refractivity contribution in [1.29, 1.82) is 0 Å². The number of anilines is 1. The average Bonchev–Trinajstić information content (AvgIpc) is 2.81. The minimum Gasteiger partial charge on any atom is -0.502 e. The molecule has 0 saturated carbocycles. The third-order valence-corrected chi connectivity index (χ3v) is 3.79. The zero-order valence-corrected chi connectivity index (χ0v) is 15.9. The van der Waals surface area contributed by atoms with Gasteiger partial charge in [-0.05, 0) is 37.6 Å². The highest BCUT2D eigenvalue weighted by Crippen LogP contribution is 2.29. The summed E-state index contributed by atoms with van der Waals surface area (Å²) in [6.45, 7) is 3.49. The third-order valence-electron chi connectivity index (χ3n) is 3.79. The molecule has 29 heavy (non-hydrogen) atoms. The summed E-state index contributed by atoms with van der Waals surface area (Å²) in [6.07, 6.45) is 0.796. The van der Waals surface area contributed by atoms with E-state index in [1.807, 2.05) is 6.92 Å². The fourth-order valence-electron chi connectivity index (χ4n) is 2.15. The van der Waals surface area contributed by atoms with Gasteiger partial charge in [0.2, 0.25) is 11.2 Å². The maximum Gasteiger partial charge on any atom is 0.355 e. The molecule has 0 heterocycles. The van der Waals surface area contributed by atoms with Crippen LogP contribution in [0.4, 0.5) is 5.69 Å². The molecule has 152 valence electrons. The summed E-state index contributed by atoms with van der Waals surface area (Å²) in [7, 11) is 0. The summed E-state index contributed by atoms with van der Waals surface area (Å²) < 4.78 is 10.7. The third kappa shape index (κ3) is 6.39. The first kappa shape index (κ1) is 21.5. The Balaban J connectivity index is 2.40. The van der Waals surface area contributed by atoms with Crippen LogP contribution in [-0.4, -0.2) is 28.3 Å². The zero-order valence-electron chi connectivity index (χ0n) is 15.9. The number of carbonyl (C=O) groups excluding carboxylic acids is 1. The summed E-state index contributed by atoms with van der Waals surface area (Å²) in [5, 5.41) is 21.8. The van der Waals surface area contributed by atoms with E-state index in [1.165, 1.54) is 12.1 Å². The lowest BCUT2D eigenvalue weighted by Gasteiger charge is -2.14. The fraction of sp³-hybridized carbons (Fsp3) is 0.190. The molecular formula is C21H21NO7. The minimum absolute atomic E-state index is 0.141. The Kier molecular flexibility index (Phi) is 7.36. The van der Waals surface area contributed by atoms with E-state index < -0.39 is 29.2 Å². The number of benzene rings is 1. The van der Waals surface area contributed by atoms with Crippen LogP contribution >= 0.6 is 0 Å². The van der Waals surface area contributed by atoms with Crippen LogP contribution in [0.15, 0.2) is 65.1 Å². The lowest BCUT2D eigenvalue weighted by Crippen LogP contribution is -2.20. The lowest BCUT2D eigenvalue weighted by molar-refractivity contribution is -0.144. The largest absolute Gasteiger partial charge is 0.502 e. The van der Waals surface area contributed by atoms with Crippen molar-refractivity contribution in [3.63, 3.8) is 0 Å². The molecule has 0 bridgehead atoms. The molecule has 1 unspecified atom stereocenters. The molecule has 0 spiro atoms. The van der Waals surface area contributed by atoms with Crippen molar-refractivity contribution in [1.82, 2.24) is 0 Å². The maximum absolute atomic E-state index is 12.3. The fourth-order valence-corrected chi connectivity index (χ4v) is 2.15. The van der Waals surface area contributed by atoms with Crippen LogP contribution in [0.2, 0.25) is 0 Å². The number of carboxylic acids is 1. The van der Waals surface area contributed by atoms with E-state index >= 15 is 0 Å². The van der Waals surface area contributed by atoms with Gasteiger partial charge in [-0.25, -0.2) is 9.59 Å². The molecule has 0 aliphatic rings. The summed E-state index contributed by atoms with van der Waals surface area (Å²) >= 11 is 0. The van der Waals surface area contributed by atoms with Crippen LogP contribution in [0.5, 0.6) is 17.2 Å². The standard InChI is InChI=1S/C21H21NO7/c1-3-13(2)28-21(27)16(12-19(24)25)22-14-9-10-17(23)20(26)18(11-14)29-15-7-5-4-6-8-15/h4-13,22H,3H2,1-2H3,(H,23,26)(H,24,25). The Hall–Kier alpha value is -3.81. The van der Waals surface area contributed by atoms with Gasteiger partial charge in [-0.3, -0.25) is 4.79 Å². The number of carboxylic acid groups (broad SMARTS) is 1. The van der Waals surface area contributed by atoms with Crippen LogP contribution in [0.25, 0.3) is 0 Å². The minimum atomic E-state index is -1.36. The van der Waals surface area contributed by atoms with Gasteiger partial charge in [0.15, 0.2) is 5.75 Å². The van der Waals surface area contributed by atoms with Gasteiger partial charge in [0.25, 0.3) is 0 Å².